The van der Waals surface area contributed by atoms with E-state index in [1.165, 1.54) is 212 Å². The molecule has 0 saturated carbocycles. The van der Waals surface area contributed by atoms with Gasteiger partial charge < -0.3 is 75.6 Å². The number of nitrogens with one attached hydrogen (secondary N) is 2. The van der Waals surface area contributed by atoms with Gasteiger partial charge in [-0.3, -0.25) is 28.2 Å². The van der Waals surface area contributed by atoms with E-state index < -0.39 is 144 Å². The molecule has 22 nitrogen and oxygen atoms in total. The van der Waals surface area contributed by atoms with E-state index in [0.717, 1.165) is 96.3 Å². The molecule has 23 heteroatoms. The van der Waals surface area contributed by atoms with Gasteiger partial charge in [0.15, 0.2) is 18.7 Å². The molecule has 14 atom stereocenters. The molecule has 1 unspecified atom stereocenters. The second-order valence-electron chi connectivity index (χ2n) is 31.5. The van der Waals surface area contributed by atoms with Crippen molar-refractivity contribution in [1.29, 1.82) is 0 Å². The molecule has 0 aliphatic carbocycles. The number of ether oxygens (including phenoxy) is 5. The Hall–Kier alpha value is -2.41. The number of aliphatic hydroxyl groups is 6. The van der Waals surface area contributed by atoms with E-state index in [4.69, 9.17) is 38.5 Å². The summed E-state index contributed by atoms with van der Waals surface area (Å²) in [5.41, 5.74) is 5.63. The van der Waals surface area contributed by atoms with Crippen molar-refractivity contribution in [2.24, 2.45) is 5.73 Å². The number of carbonyl (C=O) groups is 4. The maximum absolute atomic E-state index is 14.3. The fraction of sp³-hybridized carbons (Fsp3) is 0.952. The van der Waals surface area contributed by atoms with Crippen LogP contribution in [0.5, 0.6) is 0 Å². The number of rotatable bonds is 75. The Morgan fingerprint density at radius 3 is 1.19 bits per heavy atom. The zero-order chi connectivity index (χ0) is 78.2. The van der Waals surface area contributed by atoms with Crippen LogP contribution < -0.4 is 16.4 Å². The van der Waals surface area contributed by atoms with E-state index >= 15 is 0 Å². The number of hydrogen-bond acceptors (Lipinski definition) is 19. The maximum atomic E-state index is 14.3. The van der Waals surface area contributed by atoms with Gasteiger partial charge in [-0.25, -0.2) is 4.57 Å². The minimum absolute atomic E-state index is 0.198. The molecule has 2 amide bonds. The molecule has 2 rings (SSSR count). The van der Waals surface area contributed by atoms with Gasteiger partial charge in [-0.15, -0.1) is 0 Å². The van der Waals surface area contributed by atoms with E-state index in [9.17, 15) is 59.3 Å². The molecule has 0 radical (unpaired) electrons. The van der Waals surface area contributed by atoms with Crippen molar-refractivity contribution in [2.45, 2.75) is 486 Å². The maximum Gasteiger partial charge on any atom is 0.474 e. The average molecular weight is 1550 g/mol. The van der Waals surface area contributed by atoms with Crippen LogP contribution in [0.4, 0.5) is 0 Å². The number of phosphoric acid groups is 1. The molecule has 0 aromatic carbocycles. The summed E-state index contributed by atoms with van der Waals surface area (Å²) in [7, 11) is -5.15. The first kappa shape index (κ1) is 101. The van der Waals surface area contributed by atoms with Gasteiger partial charge in [-0.2, -0.15) is 0 Å². The molecule has 632 valence electrons. The smallest absolute Gasteiger partial charge is 0.462 e. The summed E-state index contributed by atoms with van der Waals surface area (Å²) in [6, 6.07) is -3.32. The van der Waals surface area contributed by atoms with Crippen LogP contribution in [0, 0.1) is 0 Å². The van der Waals surface area contributed by atoms with E-state index in [0.29, 0.717) is 38.5 Å². The van der Waals surface area contributed by atoms with Gasteiger partial charge in [0.1, 0.15) is 48.7 Å². The molecule has 2 aliphatic heterocycles. The largest absolute Gasteiger partial charge is 0.474 e. The van der Waals surface area contributed by atoms with E-state index in [1.54, 1.807) is 0 Å². The van der Waals surface area contributed by atoms with Crippen molar-refractivity contribution in [3.05, 3.63) is 0 Å². The first-order valence-electron chi connectivity index (χ1n) is 44.2. The highest BCUT2D eigenvalue weighted by Gasteiger charge is 2.53. The van der Waals surface area contributed by atoms with Crippen molar-refractivity contribution >= 4 is 31.6 Å². The lowest BCUT2D eigenvalue weighted by molar-refractivity contribution is -0.297. The summed E-state index contributed by atoms with van der Waals surface area (Å²) in [6.07, 6.45) is 42.0. The summed E-state index contributed by atoms with van der Waals surface area (Å²) in [5.74, 6) is -2.89. The predicted octanol–water partition coefficient (Wildman–Crippen LogP) is 17.2. The number of nitrogens with two attached hydrogens (primary N) is 1. The fourth-order valence-electron chi connectivity index (χ4n) is 14.8. The van der Waals surface area contributed by atoms with Gasteiger partial charge in [0, 0.05) is 13.0 Å². The van der Waals surface area contributed by atoms with Crippen molar-refractivity contribution in [2.75, 3.05) is 26.4 Å². The fourth-order valence-corrected chi connectivity index (χ4v) is 15.6. The van der Waals surface area contributed by atoms with Gasteiger partial charge in [-0.05, 0) is 32.1 Å². The lowest BCUT2D eigenvalue weighted by Crippen LogP contribution is -2.67. The minimum Gasteiger partial charge on any atom is -0.462 e. The minimum atomic E-state index is -5.15. The molecular formula is C84H162N3O19P. The van der Waals surface area contributed by atoms with Crippen molar-refractivity contribution in [1.82, 2.24) is 10.6 Å². The lowest BCUT2D eigenvalue weighted by atomic mass is 9.95. The van der Waals surface area contributed by atoms with Crippen molar-refractivity contribution in [3.63, 3.8) is 0 Å². The van der Waals surface area contributed by atoms with Crippen LogP contribution in [0.25, 0.3) is 0 Å². The quantitative estimate of drug-likeness (QED) is 0.0154. The second kappa shape index (κ2) is 68.0. The molecular weight excluding hydrogens is 1390 g/mol. The molecule has 2 heterocycles. The van der Waals surface area contributed by atoms with Gasteiger partial charge >= 0.3 is 19.8 Å². The third-order valence-corrected chi connectivity index (χ3v) is 22.4. The third-order valence-electron chi connectivity index (χ3n) is 21.4. The highest BCUT2D eigenvalue weighted by molar-refractivity contribution is 7.47. The van der Waals surface area contributed by atoms with Crippen LogP contribution in [0.15, 0.2) is 0 Å². The zero-order valence-corrected chi connectivity index (χ0v) is 69.0. The molecule has 0 aromatic rings. The Bertz CT molecular complexity index is 2160. The number of phosphoric ester groups is 1. The highest BCUT2D eigenvalue weighted by Crippen LogP contribution is 2.47. The number of esters is 2. The Morgan fingerprint density at radius 1 is 0.430 bits per heavy atom. The molecule has 11 N–H and O–H groups in total. The molecule has 0 spiro atoms. The van der Waals surface area contributed by atoms with E-state index in [-0.39, 0.29) is 25.8 Å². The monoisotopic (exact) mass is 1550 g/mol. The number of aliphatic hydroxyl groups excluding tert-OH is 6. The Labute approximate surface area is 649 Å². The molecule has 2 fully saturated rings. The first-order valence-corrected chi connectivity index (χ1v) is 45.7. The third kappa shape index (κ3) is 52.6. The second-order valence-corrected chi connectivity index (χ2v) is 32.9. The first-order chi connectivity index (χ1) is 51.9. The standard InChI is InChI=1S/C84H162N3O19P/c1-5-9-13-17-21-25-29-32-33-36-40-44-48-52-56-60-75(93)102-70(59-55-51-47-43-39-35-31-27-23-19-15-11-7-3)65-74(92)86-77-81(97)79(95)71(66-88)103-83(77)100-67-72-80(96)82(105-76(94)64-69(90)58-54-50-46-41-37-28-24-20-16-12-8-4)78(84(104-72)106-107(98,99)101-62-61-85)87-73(91)63-68(89)57-53-49-45-42-38-34-30-26-22-18-14-10-6-2/h68-72,77-84,88-90,95-97H,5-67,85H2,1-4H3,(H,86,92)(H,87,91)(H,98,99)/t68-,69-,70-,71-,72-,77-,78-,79-,80-,81-,82-,83-,84-/m1/s1. The van der Waals surface area contributed by atoms with Gasteiger partial charge in [0.2, 0.25) is 11.8 Å². The van der Waals surface area contributed by atoms with Crippen LogP contribution in [0.1, 0.15) is 407 Å². The molecule has 107 heavy (non-hydrogen) atoms. The van der Waals surface area contributed by atoms with E-state index in [2.05, 4.69) is 38.3 Å². The SMILES string of the molecule is CCCCCCCCCCCCCCCCCC(=O)O[C@H](CCCCCCCCCCCCCCC)CC(=O)N[C@H]1[C@H](OC[C@H]2O[C@H](OP(=O)(O)OCCN)[C@H](NC(=O)C[C@H](O)CCCCCCCCCCCCCCC)[C@@H](OC(=O)C[C@H](O)CCCCCCCCCCCCC)[C@@H]2O)O[C@H](CO)[C@@H](O)[C@@H]1O. The summed E-state index contributed by atoms with van der Waals surface area (Å²) >= 11 is 0. The van der Waals surface area contributed by atoms with Gasteiger partial charge in [0.25, 0.3) is 0 Å². The molecule has 0 aromatic heterocycles. The van der Waals surface area contributed by atoms with Crippen LogP contribution in [0.2, 0.25) is 0 Å². The highest BCUT2D eigenvalue weighted by atomic mass is 31.2. The van der Waals surface area contributed by atoms with Crippen LogP contribution >= 0.6 is 7.82 Å². The number of carbonyl (C=O) groups excluding carboxylic acids is 4. The van der Waals surface area contributed by atoms with Crippen LogP contribution in [-0.4, -0.2) is 165 Å². The van der Waals surface area contributed by atoms with Gasteiger partial charge in [-0.1, -0.05) is 349 Å². The zero-order valence-electron chi connectivity index (χ0n) is 68.1. The summed E-state index contributed by atoms with van der Waals surface area (Å²) in [6.45, 7) is 6.66. The summed E-state index contributed by atoms with van der Waals surface area (Å²) < 4.78 is 54.7. The van der Waals surface area contributed by atoms with Gasteiger partial charge in [0.05, 0.1) is 51.3 Å². The van der Waals surface area contributed by atoms with Crippen molar-refractivity contribution < 1.29 is 92.0 Å². The molecule has 2 aliphatic rings. The van der Waals surface area contributed by atoms with Crippen LogP contribution in [-0.2, 0) is 56.5 Å². The van der Waals surface area contributed by atoms with Crippen molar-refractivity contribution in [3.8, 4) is 0 Å². The van der Waals surface area contributed by atoms with E-state index in [1.807, 2.05) is 0 Å². The number of unbranched alkanes of at least 4 members (excludes halogenated alkanes) is 48. The average Bonchev–Trinajstić information content (AvgIpc) is 0.779. The Balaban J connectivity index is 2.33. The summed E-state index contributed by atoms with van der Waals surface area (Å²) in [5, 5.41) is 73.3. The Morgan fingerprint density at radius 2 is 0.785 bits per heavy atom. The summed E-state index contributed by atoms with van der Waals surface area (Å²) in [4.78, 5) is 66.9. The molecule has 0 bridgehead atoms. The normalized spacial score (nSPS) is 21.8. The molecule has 2 saturated heterocycles. The number of amides is 2. The number of hydrogen-bond donors (Lipinski definition) is 10. The predicted molar refractivity (Wildman–Crippen MR) is 425 cm³/mol. The topological polar surface area (TPSA) is 342 Å². The lowest BCUT2D eigenvalue weighted by Gasteiger charge is -2.45. The Kier molecular flexibility index (Phi) is 64.0. The van der Waals surface area contributed by atoms with Crippen LogP contribution in [0.3, 0.4) is 0 Å².